The SMILES string of the molecule is CSc1ccc(C(=O)N/N=c2/sc3ccccc3n2C)cc1[N+](=O)[O-]. The Morgan fingerprint density at radius 2 is 2.08 bits per heavy atom. The van der Waals surface area contributed by atoms with Gasteiger partial charge in [0.05, 0.1) is 20.0 Å². The first-order chi connectivity index (χ1) is 12.0. The van der Waals surface area contributed by atoms with Crippen LogP contribution in [0, 0.1) is 10.1 Å². The smallest absolute Gasteiger partial charge is 0.283 e. The summed E-state index contributed by atoms with van der Waals surface area (Å²) in [6.45, 7) is 0. The molecule has 0 spiro atoms. The predicted molar refractivity (Wildman–Crippen MR) is 98.7 cm³/mol. The summed E-state index contributed by atoms with van der Waals surface area (Å²) >= 11 is 2.71. The van der Waals surface area contributed by atoms with Crippen molar-refractivity contribution >= 4 is 44.9 Å². The maximum absolute atomic E-state index is 12.3. The maximum atomic E-state index is 12.3. The number of aryl methyl sites for hydroxylation is 1. The molecular weight excluding hydrogens is 360 g/mol. The summed E-state index contributed by atoms with van der Waals surface area (Å²) in [7, 11) is 1.86. The quantitative estimate of drug-likeness (QED) is 0.432. The standard InChI is InChI=1S/C16H14N4O3S2/c1-19-11-5-3-4-6-14(11)25-16(19)18-17-15(21)10-7-8-13(24-2)12(9-10)20(22)23/h3-9H,1-2H3,(H,17,21)/b18-16+. The lowest BCUT2D eigenvalue weighted by Gasteiger charge is -2.03. The van der Waals surface area contributed by atoms with Crippen molar-refractivity contribution < 1.29 is 9.72 Å². The fraction of sp³-hybridized carbons (Fsp3) is 0.125. The zero-order chi connectivity index (χ0) is 18.0. The van der Waals surface area contributed by atoms with E-state index in [2.05, 4.69) is 10.5 Å². The molecule has 128 valence electrons. The Bertz CT molecular complexity index is 1040. The van der Waals surface area contributed by atoms with Crippen LogP contribution in [-0.2, 0) is 7.05 Å². The van der Waals surface area contributed by atoms with Gasteiger partial charge in [0.15, 0.2) is 0 Å². The zero-order valence-electron chi connectivity index (χ0n) is 13.4. The number of nitro benzene ring substituents is 1. The molecule has 9 heteroatoms. The molecule has 7 nitrogen and oxygen atoms in total. The summed E-state index contributed by atoms with van der Waals surface area (Å²) in [6.07, 6.45) is 1.75. The molecule has 0 aliphatic carbocycles. The number of nitrogens with zero attached hydrogens (tertiary/aromatic N) is 3. The summed E-state index contributed by atoms with van der Waals surface area (Å²) in [5.41, 5.74) is 3.58. The Hall–Kier alpha value is -2.65. The van der Waals surface area contributed by atoms with Gasteiger partial charge in [-0.25, -0.2) is 5.43 Å². The van der Waals surface area contributed by atoms with Crippen molar-refractivity contribution in [3.8, 4) is 0 Å². The van der Waals surface area contributed by atoms with Crippen LogP contribution in [0.2, 0.25) is 0 Å². The average Bonchev–Trinajstić information content (AvgIpc) is 2.95. The molecule has 0 bridgehead atoms. The van der Waals surface area contributed by atoms with Gasteiger partial charge in [-0.3, -0.25) is 14.9 Å². The van der Waals surface area contributed by atoms with E-state index in [1.165, 1.54) is 29.2 Å². The number of amides is 1. The summed E-state index contributed by atoms with van der Waals surface area (Å²) in [4.78, 5) is 24.0. The van der Waals surface area contributed by atoms with Gasteiger partial charge in [-0.2, -0.15) is 0 Å². The molecule has 1 amide bonds. The number of thiazole rings is 1. The van der Waals surface area contributed by atoms with Crippen LogP contribution in [0.4, 0.5) is 5.69 Å². The number of carbonyl (C=O) groups is 1. The Kier molecular flexibility index (Phi) is 4.86. The summed E-state index contributed by atoms with van der Waals surface area (Å²) in [5, 5.41) is 15.3. The number of para-hydroxylation sites is 1. The van der Waals surface area contributed by atoms with E-state index in [0.717, 1.165) is 10.2 Å². The number of nitro groups is 1. The number of fused-ring (bicyclic) bond motifs is 1. The number of benzene rings is 2. The van der Waals surface area contributed by atoms with E-state index >= 15 is 0 Å². The third-order valence-electron chi connectivity index (χ3n) is 3.61. The first kappa shape index (κ1) is 17.2. The van der Waals surface area contributed by atoms with E-state index in [1.807, 2.05) is 35.9 Å². The minimum Gasteiger partial charge on any atom is -0.318 e. The second-order valence-electron chi connectivity index (χ2n) is 5.11. The topological polar surface area (TPSA) is 89.5 Å². The molecule has 0 atom stereocenters. The number of carbonyl (C=O) groups excluding carboxylic acids is 1. The van der Waals surface area contributed by atoms with E-state index in [0.29, 0.717) is 9.70 Å². The molecule has 2 aromatic carbocycles. The molecule has 3 aromatic rings. The molecule has 3 rings (SSSR count). The van der Waals surface area contributed by atoms with Gasteiger partial charge in [0.2, 0.25) is 4.80 Å². The minimum atomic E-state index is -0.494. The van der Waals surface area contributed by atoms with Crippen LogP contribution in [-0.4, -0.2) is 21.7 Å². The zero-order valence-corrected chi connectivity index (χ0v) is 15.1. The molecule has 0 saturated heterocycles. The number of hydrogen-bond donors (Lipinski definition) is 1. The molecule has 0 saturated carbocycles. The van der Waals surface area contributed by atoms with Gasteiger partial charge in [0.25, 0.3) is 11.6 Å². The van der Waals surface area contributed by atoms with E-state index in [-0.39, 0.29) is 11.3 Å². The normalized spacial score (nSPS) is 11.7. The van der Waals surface area contributed by atoms with Crippen LogP contribution < -0.4 is 10.2 Å². The van der Waals surface area contributed by atoms with Gasteiger partial charge in [-0.1, -0.05) is 23.5 Å². The third kappa shape index (κ3) is 3.42. The van der Waals surface area contributed by atoms with Crippen LogP contribution in [0.1, 0.15) is 10.4 Å². The highest BCUT2D eigenvalue weighted by Gasteiger charge is 2.17. The lowest BCUT2D eigenvalue weighted by molar-refractivity contribution is -0.387. The molecule has 0 radical (unpaired) electrons. The monoisotopic (exact) mass is 374 g/mol. The van der Waals surface area contributed by atoms with Crippen molar-refractivity contribution in [2.75, 3.05) is 6.26 Å². The largest absolute Gasteiger partial charge is 0.318 e. The molecule has 1 aromatic heterocycles. The van der Waals surface area contributed by atoms with Gasteiger partial charge >= 0.3 is 0 Å². The van der Waals surface area contributed by atoms with Crippen molar-refractivity contribution in [3.05, 3.63) is 62.9 Å². The summed E-state index contributed by atoms with van der Waals surface area (Å²) in [6, 6.07) is 12.2. The van der Waals surface area contributed by atoms with Gasteiger partial charge < -0.3 is 4.57 Å². The van der Waals surface area contributed by atoms with Crippen LogP contribution in [0.25, 0.3) is 10.2 Å². The predicted octanol–water partition coefficient (Wildman–Crippen LogP) is 3.12. The maximum Gasteiger partial charge on any atom is 0.283 e. The first-order valence-corrected chi connectivity index (χ1v) is 9.26. The van der Waals surface area contributed by atoms with E-state index in [4.69, 9.17) is 0 Å². The van der Waals surface area contributed by atoms with Crippen molar-refractivity contribution in [2.45, 2.75) is 4.90 Å². The minimum absolute atomic E-state index is 0.0902. The highest BCUT2D eigenvalue weighted by Crippen LogP contribution is 2.28. The molecule has 0 aliphatic heterocycles. The molecule has 1 heterocycles. The number of thioether (sulfide) groups is 1. The van der Waals surface area contributed by atoms with Crippen molar-refractivity contribution in [1.29, 1.82) is 0 Å². The fourth-order valence-electron chi connectivity index (χ4n) is 2.33. The van der Waals surface area contributed by atoms with E-state index in [1.54, 1.807) is 18.4 Å². The Labute approximate surface area is 151 Å². The highest BCUT2D eigenvalue weighted by atomic mass is 32.2. The Morgan fingerprint density at radius 1 is 1.32 bits per heavy atom. The number of rotatable bonds is 4. The van der Waals surface area contributed by atoms with E-state index in [9.17, 15) is 14.9 Å². The van der Waals surface area contributed by atoms with Crippen LogP contribution in [0.15, 0.2) is 52.5 Å². The summed E-state index contributed by atoms with van der Waals surface area (Å²) in [5.74, 6) is -0.492. The number of aromatic nitrogens is 1. The number of hydrogen-bond acceptors (Lipinski definition) is 6. The molecule has 25 heavy (non-hydrogen) atoms. The molecule has 0 unspecified atom stereocenters. The van der Waals surface area contributed by atoms with Gasteiger partial charge in [0.1, 0.15) is 0 Å². The molecule has 1 N–H and O–H groups in total. The van der Waals surface area contributed by atoms with Crippen LogP contribution >= 0.6 is 23.1 Å². The van der Waals surface area contributed by atoms with Crippen LogP contribution in [0.3, 0.4) is 0 Å². The lowest BCUT2D eigenvalue weighted by Crippen LogP contribution is -2.23. The first-order valence-electron chi connectivity index (χ1n) is 7.22. The molecular formula is C16H14N4O3S2. The van der Waals surface area contributed by atoms with E-state index < -0.39 is 10.8 Å². The van der Waals surface area contributed by atoms with Crippen molar-refractivity contribution in [2.24, 2.45) is 12.1 Å². The second kappa shape index (κ2) is 7.08. The van der Waals surface area contributed by atoms with Gasteiger partial charge in [-0.15, -0.1) is 16.9 Å². The van der Waals surface area contributed by atoms with Crippen molar-refractivity contribution in [3.63, 3.8) is 0 Å². The van der Waals surface area contributed by atoms with Crippen LogP contribution in [0.5, 0.6) is 0 Å². The summed E-state index contributed by atoms with van der Waals surface area (Å²) < 4.78 is 2.93. The van der Waals surface area contributed by atoms with Crippen molar-refractivity contribution in [1.82, 2.24) is 9.99 Å². The second-order valence-corrected chi connectivity index (χ2v) is 6.97. The molecule has 0 fully saturated rings. The molecule has 0 aliphatic rings. The third-order valence-corrected chi connectivity index (χ3v) is 5.50. The van der Waals surface area contributed by atoms with Gasteiger partial charge in [0, 0.05) is 18.7 Å². The van der Waals surface area contributed by atoms with Gasteiger partial charge in [-0.05, 0) is 30.5 Å². The number of nitrogens with one attached hydrogen (secondary N) is 1. The lowest BCUT2D eigenvalue weighted by atomic mass is 10.2. The Morgan fingerprint density at radius 3 is 2.76 bits per heavy atom. The fourth-order valence-corrected chi connectivity index (χ4v) is 3.85. The Balaban J connectivity index is 1.90. The highest BCUT2D eigenvalue weighted by molar-refractivity contribution is 7.98. The average molecular weight is 374 g/mol.